The van der Waals surface area contributed by atoms with E-state index in [9.17, 15) is 14.0 Å². The number of nitrogens with one attached hydrogen (secondary N) is 1. The Labute approximate surface area is 145 Å². The molecule has 0 saturated carbocycles. The molecule has 0 fully saturated rings. The summed E-state index contributed by atoms with van der Waals surface area (Å²) in [7, 11) is 0. The van der Waals surface area contributed by atoms with E-state index in [2.05, 4.69) is 5.32 Å². The van der Waals surface area contributed by atoms with Crippen LogP contribution in [0.3, 0.4) is 0 Å². The van der Waals surface area contributed by atoms with Gasteiger partial charge in [0.15, 0.2) is 24.8 Å². The van der Waals surface area contributed by atoms with Gasteiger partial charge in [-0.05, 0) is 29.7 Å². The molecule has 2 aromatic carbocycles. The molecule has 0 radical (unpaired) electrons. The van der Waals surface area contributed by atoms with E-state index < -0.39 is 30.9 Å². The molecule has 0 aliphatic carbocycles. The maximum absolute atomic E-state index is 13.4. The maximum atomic E-state index is 13.4. The fourth-order valence-corrected chi connectivity index (χ4v) is 2.19. The quantitative estimate of drug-likeness (QED) is 0.780. The van der Waals surface area contributed by atoms with Crippen LogP contribution in [0, 0.1) is 5.82 Å². The molecule has 1 amide bonds. The van der Waals surface area contributed by atoms with Crippen LogP contribution in [0.5, 0.6) is 5.75 Å². The third-order valence-electron chi connectivity index (χ3n) is 3.40. The van der Waals surface area contributed by atoms with Crippen molar-refractivity contribution in [2.75, 3.05) is 18.5 Å². The van der Waals surface area contributed by atoms with E-state index in [1.807, 2.05) is 32.0 Å². The Bertz CT molecular complexity index is 746. The highest BCUT2D eigenvalue weighted by Gasteiger charge is 2.12. The van der Waals surface area contributed by atoms with Crippen molar-refractivity contribution < 1.29 is 23.5 Å². The number of ether oxygens (including phenoxy) is 2. The highest BCUT2D eigenvalue weighted by atomic mass is 19.1. The average molecular weight is 345 g/mol. The normalized spacial score (nSPS) is 10.4. The summed E-state index contributed by atoms with van der Waals surface area (Å²) >= 11 is 0. The first-order valence-electron chi connectivity index (χ1n) is 7.89. The van der Waals surface area contributed by atoms with Gasteiger partial charge in [-0.1, -0.05) is 44.2 Å². The SMILES string of the molecule is CC(C)c1ccccc1NC(=O)COC(=O)COc1ccccc1F. The number of para-hydroxylation sites is 2. The summed E-state index contributed by atoms with van der Waals surface area (Å²) in [6, 6.07) is 13.1. The zero-order valence-electron chi connectivity index (χ0n) is 14.1. The molecule has 0 unspecified atom stereocenters. The molecule has 0 heterocycles. The van der Waals surface area contributed by atoms with Gasteiger partial charge in [-0.2, -0.15) is 0 Å². The van der Waals surface area contributed by atoms with Crippen LogP contribution < -0.4 is 10.1 Å². The molecular formula is C19H20FNO4. The molecular weight excluding hydrogens is 325 g/mol. The van der Waals surface area contributed by atoms with Gasteiger partial charge in [0.25, 0.3) is 5.91 Å². The number of carbonyl (C=O) groups excluding carboxylic acids is 2. The highest BCUT2D eigenvalue weighted by molar-refractivity contribution is 5.93. The molecule has 2 aromatic rings. The summed E-state index contributed by atoms with van der Waals surface area (Å²) in [4.78, 5) is 23.5. The van der Waals surface area contributed by atoms with Crippen molar-refractivity contribution in [3.8, 4) is 5.75 Å². The van der Waals surface area contributed by atoms with Crippen molar-refractivity contribution >= 4 is 17.6 Å². The van der Waals surface area contributed by atoms with Crippen LogP contribution in [0.25, 0.3) is 0 Å². The number of esters is 1. The Morgan fingerprint density at radius 1 is 1.04 bits per heavy atom. The van der Waals surface area contributed by atoms with E-state index in [4.69, 9.17) is 9.47 Å². The van der Waals surface area contributed by atoms with Gasteiger partial charge in [-0.15, -0.1) is 0 Å². The van der Waals surface area contributed by atoms with Crippen molar-refractivity contribution in [1.29, 1.82) is 0 Å². The smallest absolute Gasteiger partial charge is 0.344 e. The summed E-state index contributed by atoms with van der Waals surface area (Å²) in [6.45, 7) is 3.12. The van der Waals surface area contributed by atoms with Gasteiger partial charge in [-0.25, -0.2) is 9.18 Å². The van der Waals surface area contributed by atoms with Gasteiger partial charge in [0.2, 0.25) is 0 Å². The molecule has 0 saturated heterocycles. The van der Waals surface area contributed by atoms with Crippen molar-refractivity contribution in [1.82, 2.24) is 0 Å². The fourth-order valence-electron chi connectivity index (χ4n) is 2.19. The van der Waals surface area contributed by atoms with Gasteiger partial charge >= 0.3 is 5.97 Å². The second-order valence-corrected chi connectivity index (χ2v) is 5.67. The van der Waals surface area contributed by atoms with Crippen LogP contribution in [0.2, 0.25) is 0 Å². The summed E-state index contributed by atoms with van der Waals surface area (Å²) in [5.74, 6) is -1.58. The number of amides is 1. The van der Waals surface area contributed by atoms with E-state index in [0.717, 1.165) is 5.56 Å². The average Bonchev–Trinajstić information content (AvgIpc) is 2.59. The van der Waals surface area contributed by atoms with Crippen LogP contribution in [0.4, 0.5) is 10.1 Å². The van der Waals surface area contributed by atoms with E-state index in [-0.39, 0.29) is 11.7 Å². The second kappa shape index (κ2) is 8.82. The topological polar surface area (TPSA) is 64.6 Å². The lowest BCUT2D eigenvalue weighted by molar-refractivity contribution is -0.149. The molecule has 0 atom stereocenters. The Morgan fingerprint density at radius 2 is 1.72 bits per heavy atom. The van der Waals surface area contributed by atoms with Gasteiger partial charge in [0.05, 0.1) is 0 Å². The third kappa shape index (κ3) is 5.60. The van der Waals surface area contributed by atoms with Gasteiger partial charge in [0.1, 0.15) is 0 Å². The number of rotatable bonds is 7. The molecule has 0 spiro atoms. The molecule has 132 valence electrons. The van der Waals surface area contributed by atoms with Crippen LogP contribution in [0.1, 0.15) is 25.3 Å². The summed E-state index contributed by atoms with van der Waals surface area (Å²) in [5, 5.41) is 2.71. The minimum atomic E-state index is -0.754. The lowest BCUT2D eigenvalue weighted by Crippen LogP contribution is -2.24. The lowest BCUT2D eigenvalue weighted by Gasteiger charge is -2.13. The Morgan fingerprint density at radius 3 is 2.44 bits per heavy atom. The molecule has 5 nitrogen and oxygen atoms in total. The number of carbonyl (C=O) groups is 2. The monoisotopic (exact) mass is 345 g/mol. The van der Waals surface area contributed by atoms with Crippen LogP contribution >= 0.6 is 0 Å². The summed E-state index contributed by atoms with van der Waals surface area (Å²) in [6.07, 6.45) is 0. The molecule has 6 heteroatoms. The standard InChI is InChI=1S/C19H20FNO4/c1-13(2)14-7-3-5-9-16(14)21-18(22)11-25-19(23)12-24-17-10-6-4-8-15(17)20/h3-10,13H,11-12H2,1-2H3,(H,21,22). The van der Waals surface area contributed by atoms with E-state index >= 15 is 0 Å². The fraction of sp³-hybridized carbons (Fsp3) is 0.263. The predicted molar refractivity (Wildman–Crippen MR) is 92.0 cm³/mol. The first-order chi connectivity index (χ1) is 12.0. The minimum Gasteiger partial charge on any atom is -0.479 e. The number of benzene rings is 2. The van der Waals surface area contributed by atoms with Gasteiger partial charge in [0, 0.05) is 5.69 Å². The molecule has 0 aromatic heterocycles. The maximum Gasteiger partial charge on any atom is 0.344 e. The number of halogens is 1. The van der Waals surface area contributed by atoms with Crippen molar-refractivity contribution in [3.05, 3.63) is 59.9 Å². The largest absolute Gasteiger partial charge is 0.479 e. The molecule has 0 aliphatic heterocycles. The highest BCUT2D eigenvalue weighted by Crippen LogP contribution is 2.23. The van der Waals surface area contributed by atoms with Crippen molar-refractivity contribution in [2.24, 2.45) is 0 Å². The van der Waals surface area contributed by atoms with Crippen LogP contribution in [-0.4, -0.2) is 25.1 Å². The summed E-state index contributed by atoms with van der Waals surface area (Å²) < 4.78 is 23.2. The number of hydrogen-bond acceptors (Lipinski definition) is 4. The van der Waals surface area contributed by atoms with Crippen molar-refractivity contribution in [3.63, 3.8) is 0 Å². The van der Waals surface area contributed by atoms with Crippen molar-refractivity contribution in [2.45, 2.75) is 19.8 Å². The number of anilines is 1. The minimum absolute atomic E-state index is 0.0465. The van der Waals surface area contributed by atoms with Crippen LogP contribution in [0.15, 0.2) is 48.5 Å². The van der Waals surface area contributed by atoms with Gasteiger partial charge < -0.3 is 14.8 Å². The summed E-state index contributed by atoms with van der Waals surface area (Å²) in [5.41, 5.74) is 1.67. The molecule has 25 heavy (non-hydrogen) atoms. The molecule has 0 bridgehead atoms. The molecule has 1 N–H and O–H groups in total. The van der Waals surface area contributed by atoms with Crippen LogP contribution in [-0.2, 0) is 14.3 Å². The Kier molecular flexibility index (Phi) is 6.51. The first kappa shape index (κ1) is 18.4. The van der Waals surface area contributed by atoms with E-state index in [1.54, 1.807) is 12.1 Å². The lowest BCUT2D eigenvalue weighted by atomic mass is 10.0. The van der Waals surface area contributed by atoms with E-state index in [0.29, 0.717) is 5.69 Å². The Balaban J connectivity index is 1.80. The zero-order chi connectivity index (χ0) is 18.2. The Hall–Kier alpha value is -2.89. The van der Waals surface area contributed by atoms with Gasteiger partial charge in [-0.3, -0.25) is 4.79 Å². The first-order valence-corrected chi connectivity index (χ1v) is 7.89. The molecule has 2 rings (SSSR count). The second-order valence-electron chi connectivity index (χ2n) is 5.67. The van der Waals surface area contributed by atoms with E-state index in [1.165, 1.54) is 18.2 Å². The zero-order valence-corrected chi connectivity index (χ0v) is 14.1. The predicted octanol–water partition coefficient (Wildman–Crippen LogP) is 3.51. The molecule has 0 aliphatic rings. The third-order valence-corrected chi connectivity index (χ3v) is 3.40. The number of hydrogen-bond donors (Lipinski definition) is 1.